The van der Waals surface area contributed by atoms with Gasteiger partial charge in [0.05, 0.1) is 26.9 Å². The van der Waals surface area contributed by atoms with Crippen LogP contribution in [-0.2, 0) is 0 Å². The molecule has 2 aromatic carbocycles. The molecule has 0 N–H and O–H groups in total. The Kier molecular flexibility index (Phi) is 4.66. The molecule has 2 aromatic rings. The summed E-state index contributed by atoms with van der Waals surface area (Å²) in [6, 6.07) is 11.7. The molecule has 0 fully saturated rings. The molecule has 0 aromatic heterocycles. The van der Waals surface area contributed by atoms with Crippen LogP contribution in [0.1, 0.15) is 10.4 Å². The lowest BCUT2D eigenvalue weighted by Crippen LogP contribution is -2.09. The second-order valence-corrected chi connectivity index (χ2v) is 4.11. The Labute approximate surface area is 123 Å². The molecule has 0 saturated carbocycles. The number of hydrogen-bond donors (Lipinski definition) is 0. The number of para-hydroxylation sites is 1. The number of carbonyl (C=O) groups excluding carboxylic acids is 1. The van der Waals surface area contributed by atoms with Gasteiger partial charge in [-0.05, 0) is 36.4 Å². The lowest BCUT2D eigenvalue weighted by atomic mass is 10.2. The average molecular weight is 288 g/mol. The number of esters is 1. The van der Waals surface area contributed by atoms with E-state index in [1.807, 2.05) is 0 Å². The zero-order chi connectivity index (χ0) is 15.2. The van der Waals surface area contributed by atoms with Crippen LogP contribution < -0.4 is 18.9 Å². The second-order valence-electron chi connectivity index (χ2n) is 4.11. The molecule has 0 bridgehead atoms. The molecule has 0 aliphatic carbocycles. The zero-order valence-electron chi connectivity index (χ0n) is 12.1. The first-order chi connectivity index (χ1) is 10.2. The van der Waals surface area contributed by atoms with Crippen LogP contribution in [0.4, 0.5) is 0 Å². The molecule has 0 aliphatic heterocycles. The maximum absolute atomic E-state index is 12.1. The quantitative estimate of drug-likeness (QED) is 0.625. The van der Waals surface area contributed by atoms with Crippen LogP contribution in [0.2, 0.25) is 0 Å². The van der Waals surface area contributed by atoms with Crippen LogP contribution in [0.3, 0.4) is 0 Å². The third-order valence-electron chi connectivity index (χ3n) is 2.90. The minimum absolute atomic E-state index is 0.303. The van der Waals surface area contributed by atoms with Gasteiger partial charge in [0.15, 0.2) is 11.5 Å². The van der Waals surface area contributed by atoms with Crippen LogP contribution in [0, 0.1) is 0 Å². The van der Waals surface area contributed by atoms with Crippen molar-refractivity contribution < 1.29 is 23.7 Å². The minimum Gasteiger partial charge on any atom is -0.497 e. The fraction of sp³-hybridized carbons (Fsp3) is 0.188. The number of rotatable bonds is 5. The van der Waals surface area contributed by atoms with Gasteiger partial charge in [-0.3, -0.25) is 0 Å². The van der Waals surface area contributed by atoms with Crippen molar-refractivity contribution in [3.63, 3.8) is 0 Å². The van der Waals surface area contributed by atoms with E-state index in [0.29, 0.717) is 28.6 Å². The van der Waals surface area contributed by atoms with Gasteiger partial charge in [-0.25, -0.2) is 4.79 Å². The molecule has 2 rings (SSSR count). The number of hydrogen-bond acceptors (Lipinski definition) is 5. The minimum atomic E-state index is -0.482. The highest BCUT2D eigenvalue weighted by Crippen LogP contribution is 2.36. The molecule has 0 aliphatic rings. The van der Waals surface area contributed by atoms with E-state index in [4.69, 9.17) is 18.9 Å². The monoisotopic (exact) mass is 288 g/mol. The van der Waals surface area contributed by atoms with Gasteiger partial charge < -0.3 is 18.9 Å². The molecule has 21 heavy (non-hydrogen) atoms. The van der Waals surface area contributed by atoms with Gasteiger partial charge in [-0.1, -0.05) is 6.07 Å². The molecule has 0 heterocycles. The lowest BCUT2D eigenvalue weighted by Gasteiger charge is -2.12. The maximum Gasteiger partial charge on any atom is 0.343 e. The summed E-state index contributed by atoms with van der Waals surface area (Å²) in [5, 5.41) is 0. The molecule has 0 unspecified atom stereocenters. The van der Waals surface area contributed by atoms with Gasteiger partial charge in [-0.2, -0.15) is 0 Å². The third kappa shape index (κ3) is 3.25. The van der Waals surface area contributed by atoms with E-state index in [9.17, 15) is 4.79 Å². The Bertz CT molecular complexity index is 619. The van der Waals surface area contributed by atoms with E-state index in [2.05, 4.69) is 0 Å². The van der Waals surface area contributed by atoms with Crippen molar-refractivity contribution in [3.8, 4) is 23.0 Å². The van der Waals surface area contributed by atoms with Crippen LogP contribution in [0.5, 0.6) is 23.0 Å². The maximum atomic E-state index is 12.1. The van der Waals surface area contributed by atoms with E-state index in [1.165, 1.54) is 14.2 Å². The summed E-state index contributed by atoms with van der Waals surface area (Å²) in [5.74, 6) is 1.37. The van der Waals surface area contributed by atoms with Gasteiger partial charge in [-0.15, -0.1) is 0 Å². The normalized spacial score (nSPS) is 9.86. The molecule has 5 heteroatoms. The molecule has 0 spiro atoms. The Balaban J connectivity index is 2.22. The van der Waals surface area contributed by atoms with Crippen LogP contribution in [0.15, 0.2) is 42.5 Å². The summed E-state index contributed by atoms with van der Waals surface area (Å²) in [6.45, 7) is 0. The van der Waals surface area contributed by atoms with Crippen molar-refractivity contribution in [3.05, 3.63) is 48.0 Å². The number of benzene rings is 2. The SMILES string of the molecule is COc1ccc(C(=O)Oc2cccc(OC)c2OC)cc1. The van der Waals surface area contributed by atoms with Crippen molar-refractivity contribution in [1.29, 1.82) is 0 Å². The van der Waals surface area contributed by atoms with E-state index in [1.54, 1.807) is 49.6 Å². The number of methoxy groups -OCH3 is 3. The van der Waals surface area contributed by atoms with Crippen molar-refractivity contribution in [2.24, 2.45) is 0 Å². The Morgan fingerprint density at radius 2 is 1.48 bits per heavy atom. The lowest BCUT2D eigenvalue weighted by molar-refractivity contribution is 0.0729. The first-order valence-corrected chi connectivity index (χ1v) is 6.26. The van der Waals surface area contributed by atoms with Crippen LogP contribution >= 0.6 is 0 Å². The predicted molar refractivity (Wildman–Crippen MR) is 77.5 cm³/mol. The highest BCUT2D eigenvalue weighted by atomic mass is 16.6. The Hall–Kier alpha value is -2.69. The summed E-state index contributed by atoms with van der Waals surface area (Å²) in [4.78, 5) is 12.1. The second kappa shape index (κ2) is 6.65. The summed E-state index contributed by atoms with van der Waals surface area (Å²) in [7, 11) is 4.57. The molecule has 5 nitrogen and oxygen atoms in total. The fourth-order valence-corrected chi connectivity index (χ4v) is 1.82. The van der Waals surface area contributed by atoms with E-state index in [-0.39, 0.29) is 0 Å². The average Bonchev–Trinajstić information content (AvgIpc) is 2.54. The summed E-state index contributed by atoms with van der Waals surface area (Å²) < 4.78 is 20.8. The summed E-state index contributed by atoms with van der Waals surface area (Å²) in [6.07, 6.45) is 0. The summed E-state index contributed by atoms with van der Waals surface area (Å²) in [5.41, 5.74) is 0.417. The van der Waals surface area contributed by atoms with Gasteiger partial charge in [0.2, 0.25) is 5.75 Å². The van der Waals surface area contributed by atoms with E-state index < -0.39 is 5.97 Å². The number of carbonyl (C=O) groups is 1. The fourth-order valence-electron chi connectivity index (χ4n) is 1.82. The van der Waals surface area contributed by atoms with Crippen LogP contribution in [0.25, 0.3) is 0 Å². The molecule has 0 atom stereocenters. The molecule has 0 amide bonds. The highest BCUT2D eigenvalue weighted by molar-refractivity contribution is 5.91. The molecule has 110 valence electrons. The molecule has 0 saturated heterocycles. The molecule has 0 radical (unpaired) electrons. The molecular formula is C16H16O5. The third-order valence-corrected chi connectivity index (χ3v) is 2.90. The standard InChI is InChI=1S/C16H16O5/c1-18-12-9-7-11(8-10-12)16(17)21-14-6-4-5-13(19-2)15(14)20-3/h4-10H,1-3H3. The van der Waals surface area contributed by atoms with Gasteiger partial charge >= 0.3 is 5.97 Å². The van der Waals surface area contributed by atoms with Gasteiger partial charge in [0.25, 0.3) is 0 Å². The van der Waals surface area contributed by atoms with E-state index >= 15 is 0 Å². The van der Waals surface area contributed by atoms with Crippen molar-refractivity contribution >= 4 is 5.97 Å². The largest absolute Gasteiger partial charge is 0.497 e. The van der Waals surface area contributed by atoms with E-state index in [0.717, 1.165) is 0 Å². The van der Waals surface area contributed by atoms with Crippen LogP contribution in [-0.4, -0.2) is 27.3 Å². The van der Waals surface area contributed by atoms with Gasteiger partial charge in [0, 0.05) is 0 Å². The number of ether oxygens (including phenoxy) is 4. The molecular weight excluding hydrogens is 272 g/mol. The van der Waals surface area contributed by atoms with Crippen molar-refractivity contribution in [2.45, 2.75) is 0 Å². The smallest absolute Gasteiger partial charge is 0.343 e. The Morgan fingerprint density at radius 3 is 2.05 bits per heavy atom. The predicted octanol–water partition coefficient (Wildman–Crippen LogP) is 2.93. The summed E-state index contributed by atoms with van der Waals surface area (Å²) >= 11 is 0. The van der Waals surface area contributed by atoms with Gasteiger partial charge in [0.1, 0.15) is 5.75 Å². The topological polar surface area (TPSA) is 54.0 Å². The first-order valence-electron chi connectivity index (χ1n) is 6.26. The first kappa shape index (κ1) is 14.7. The zero-order valence-corrected chi connectivity index (χ0v) is 12.1. The van der Waals surface area contributed by atoms with Crippen molar-refractivity contribution in [1.82, 2.24) is 0 Å². The van der Waals surface area contributed by atoms with Crippen molar-refractivity contribution in [2.75, 3.05) is 21.3 Å². The highest BCUT2D eigenvalue weighted by Gasteiger charge is 2.15. The Morgan fingerprint density at radius 1 is 0.810 bits per heavy atom.